The molecule has 2 aromatic rings. The molecule has 1 aromatic heterocycles. The molecule has 2 N–H and O–H groups in total. The van der Waals surface area contributed by atoms with Crippen molar-refractivity contribution in [2.24, 2.45) is 5.92 Å². The predicted molar refractivity (Wildman–Crippen MR) is 72.4 cm³/mol. The van der Waals surface area contributed by atoms with E-state index >= 15 is 0 Å². The second kappa shape index (κ2) is 4.71. The lowest BCUT2D eigenvalue weighted by molar-refractivity contribution is 0.614. The maximum absolute atomic E-state index is 5.96. The first-order chi connectivity index (χ1) is 8.33. The third-order valence-corrected chi connectivity index (χ3v) is 3.71. The summed E-state index contributed by atoms with van der Waals surface area (Å²) in [6.07, 6.45) is 6.28. The fraction of sp³-hybridized carbons (Fsp3) is 0.429. The molecule has 1 fully saturated rings. The summed E-state index contributed by atoms with van der Waals surface area (Å²) in [4.78, 5) is 3.27. The van der Waals surface area contributed by atoms with Gasteiger partial charge < -0.3 is 10.3 Å². The highest BCUT2D eigenvalue weighted by Gasteiger charge is 2.19. The van der Waals surface area contributed by atoms with E-state index in [0.29, 0.717) is 0 Å². The number of fused-ring (bicyclic) bond motifs is 1. The number of halogens is 1. The Morgan fingerprint density at radius 2 is 2.24 bits per heavy atom. The first kappa shape index (κ1) is 11.1. The molecule has 3 rings (SSSR count). The predicted octanol–water partition coefficient (Wildman–Crippen LogP) is 3.71. The topological polar surface area (TPSA) is 27.8 Å². The molecular formula is C14H17ClN2. The van der Waals surface area contributed by atoms with Crippen LogP contribution < -0.4 is 5.32 Å². The Morgan fingerprint density at radius 3 is 3.06 bits per heavy atom. The Labute approximate surface area is 106 Å². The molecule has 3 heteroatoms. The Hall–Kier alpha value is -0.990. The summed E-state index contributed by atoms with van der Waals surface area (Å²) in [7, 11) is 0. The molecule has 1 saturated carbocycles. The number of aromatic nitrogens is 1. The lowest BCUT2D eigenvalue weighted by Gasteiger charge is -2.03. The molecule has 90 valence electrons. The van der Waals surface area contributed by atoms with Gasteiger partial charge >= 0.3 is 0 Å². The molecule has 0 spiro atoms. The van der Waals surface area contributed by atoms with Crippen LogP contribution in [0.4, 0.5) is 0 Å². The summed E-state index contributed by atoms with van der Waals surface area (Å²) in [6.45, 7) is 2.07. The third-order valence-electron chi connectivity index (χ3n) is 3.47. The zero-order valence-electron chi connectivity index (χ0n) is 9.80. The molecule has 0 unspecified atom stereocenters. The Balaban J connectivity index is 1.63. The smallest absolute Gasteiger partial charge is 0.0472 e. The zero-order chi connectivity index (χ0) is 11.7. The molecular weight excluding hydrogens is 232 g/mol. The van der Waals surface area contributed by atoms with Gasteiger partial charge in [-0.3, -0.25) is 0 Å². The maximum Gasteiger partial charge on any atom is 0.0472 e. The van der Waals surface area contributed by atoms with Crippen molar-refractivity contribution in [3.05, 3.63) is 35.0 Å². The summed E-state index contributed by atoms with van der Waals surface area (Å²) in [5.74, 6) is 1.00. The molecule has 1 heterocycles. The number of H-pyrrole nitrogens is 1. The van der Waals surface area contributed by atoms with Gasteiger partial charge in [-0.2, -0.15) is 0 Å². The number of aromatic amines is 1. The fourth-order valence-electron chi connectivity index (χ4n) is 2.24. The monoisotopic (exact) mass is 248 g/mol. The van der Waals surface area contributed by atoms with Gasteiger partial charge in [-0.05, 0) is 36.6 Å². The molecule has 0 radical (unpaired) electrons. The minimum Gasteiger partial charge on any atom is -0.361 e. The summed E-state index contributed by atoms with van der Waals surface area (Å²) in [5.41, 5.74) is 2.45. The van der Waals surface area contributed by atoms with Gasteiger partial charge in [-0.15, -0.1) is 0 Å². The van der Waals surface area contributed by atoms with Crippen molar-refractivity contribution in [3.8, 4) is 0 Å². The SMILES string of the molecule is Clc1ccc2c(CNCCC3CC3)c[nH]c2c1. The van der Waals surface area contributed by atoms with Gasteiger partial charge in [-0.25, -0.2) is 0 Å². The fourth-order valence-corrected chi connectivity index (χ4v) is 2.41. The molecule has 0 aliphatic heterocycles. The molecule has 1 aliphatic rings. The first-order valence-electron chi connectivity index (χ1n) is 6.29. The minimum absolute atomic E-state index is 0.785. The van der Waals surface area contributed by atoms with Crippen LogP contribution in [0.15, 0.2) is 24.4 Å². The van der Waals surface area contributed by atoms with E-state index in [4.69, 9.17) is 11.6 Å². The van der Waals surface area contributed by atoms with E-state index in [9.17, 15) is 0 Å². The highest BCUT2D eigenvalue weighted by molar-refractivity contribution is 6.31. The van der Waals surface area contributed by atoms with Gasteiger partial charge in [0.15, 0.2) is 0 Å². The van der Waals surface area contributed by atoms with Crippen molar-refractivity contribution in [1.29, 1.82) is 0 Å². The minimum atomic E-state index is 0.785. The number of hydrogen-bond acceptors (Lipinski definition) is 1. The van der Waals surface area contributed by atoms with Crippen LogP contribution in [0.2, 0.25) is 5.02 Å². The van der Waals surface area contributed by atoms with Crippen molar-refractivity contribution in [1.82, 2.24) is 10.3 Å². The van der Waals surface area contributed by atoms with Crippen LogP contribution in [0, 0.1) is 5.92 Å². The summed E-state index contributed by atoms with van der Waals surface area (Å²) in [6, 6.07) is 6.02. The number of rotatable bonds is 5. The van der Waals surface area contributed by atoms with Crippen LogP contribution in [0.25, 0.3) is 10.9 Å². The lowest BCUT2D eigenvalue weighted by Crippen LogP contribution is -2.14. The third kappa shape index (κ3) is 2.64. The summed E-state index contributed by atoms with van der Waals surface area (Å²) < 4.78 is 0. The van der Waals surface area contributed by atoms with Crippen LogP contribution in [0.5, 0.6) is 0 Å². The zero-order valence-corrected chi connectivity index (χ0v) is 10.6. The second-order valence-corrected chi connectivity index (χ2v) is 5.35. The molecule has 0 amide bonds. The van der Waals surface area contributed by atoms with E-state index in [2.05, 4.69) is 22.6 Å². The van der Waals surface area contributed by atoms with Gasteiger partial charge in [0.05, 0.1) is 0 Å². The molecule has 0 saturated heterocycles. The van der Waals surface area contributed by atoms with Crippen LogP contribution in [-0.2, 0) is 6.54 Å². The molecule has 0 atom stereocenters. The Morgan fingerprint density at radius 1 is 1.35 bits per heavy atom. The average Bonchev–Trinajstić information content (AvgIpc) is 3.06. The molecule has 17 heavy (non-hydrogen) atoms. The number of hydrogen-bond donors (Lipinski definition) is 2. The van der Waals surface area contributed by atoms with Crippen molar-refractivity contribution in [2.75, 3.05) is 6.54 Å². The maximum atomic E-state index is 5.96. The van der Waals surface area contributed by atoms with Crippen molar-refractivity contribution in [2.45, 2.75) is 25.8 Å². The number of nitrogens with one attached hydrogen (secondary N) is 2. The molecule has 0 bridgehead atoms. The van der Waals surface area contributed by atoms with Crippen molar-refractivity contribution >= 4 is 22.5 Å². The van der Waals surface area contributed by atoms with E-state index in [-0.39, 0.29) is 0 Å². The van der Waals surface area contributed by atoms with E-state index in [1.165, 1.54) is 30.2 Å². The Bertz CT molecular complexity index is 514. The number of benzene rings is 1. The van der Waals surface area contributed by atoms with E-state index < -0.39 is 0 Å². The van der Waals surface area contributed by atoms with Crippen LogP contribution in [0.3, 0.4) is 0 Å². The molecule has 1 aliphatic carbocycles. The van der Waals surface area contributed by atoms with Gasteiger partial charge in [0, 0.05) is 28.7 Å². The van der Waals surface area contributed by atoms with Crippen molar-refractivity contribution < 1.29 is 0 Å². The van der Waals surface area contributed by atoms with Gasteiger partial charge in [-0.1, -0.05) is 30.5 Å². The normalized spacial score (nSPS) is 15.6. The summed E-state index contributed by atoms with van der Waals surface area (Å²) in [5, 5.41) is 5.57. The molecule has 1 aromatic carbocycles. The summed E-state index contributed by atoms with van der Waals surface area (Å²) >= 11 is 5.96. The first-order valence-corrected chi connectivity index (χ1v) is 6.67. The highest BCUT2D eigenvalue weighted by atomic mass is 35.5. The Kier molecular flexibility index (Phi) is 3.08. The van der Waals surface area contributed by atoms with Gasteiger partial charge in [0.2, 0.25) is 0 Å². The van der Waals surface area contributed by atoms with E-state index in [1.54, 1.807) is 0 Å². The average molecular weight is 249 g/mol. The quantitative estimate of drug-likeness (QED) is 0.776. The van der Waals surface area contributed by atoms with Crippen LogP contribution in [0.1, 0.15) is 24.8 Å². The second-order valence-electron chi connectivity index (χ2n) is 4.91. The highest BCUT2D eigenvalue weighted by Crippen LogP contribution is 2.31. The van der Waals surface area contributed by atoms with Crippen LogP contribution in [-0.4, -0.2) is 11.5 Å². The van der Waals surface area contributed by atoms with E-state index in [1.807, 2.05) is 12.1 Å². The largest absolute Gasteiger partial charge is 0.361 e. The van der Waals surface area contributed by atoms with Gasteiger partial charge in [0.25, 0.3) is 0 Å². The van der Waals surface area contributed by atoms with E-state index in [0.717, 1.165) is 29.5 Å². The molecule has 2 nitrogen and oxygen atoms in total. The standard InChI is InChI=1S/C14H17ClN2/c15-12-3-4-13-11(9-17-14(13)7-12)8-16-6-5-10-1-2-10/h3-4,7,9-10,16-17H,1-2,5-6,8H2. The van der Waals surface area contributed by atoms with Gasteiger partial charge in [0.1, 0.15) is 0 Å². The van der Waals surface area contributed by atoms with Crippen LogP contribution >= 0.6 is 11.6 Å². The lowest BCUT2D eigenvalue weighted by atomic mass is 10.2. The van der Waals surface area contributed by atoms with Crippen molar-refractivity contribution in [3.63, 3.8) is 0 Å².